The number of ether oxygens (including phenoxy) is 3. The van der Waals surface area contributed by atoms with Crippen LogP contribution in [0.3, 0.4) is 0 Å². The SMILES string of the molecule is CCOC(=O)[C@H](N[S@](=O)C(C)(C)C)c1c(OC)ccc2ccc(OC)cc12. The van der Waals surface area contributed by atoms with Crippen molar-refractivity contribution in [2.45, 2.75) is 38.5 Å². The van der Waals surface area contributed by atoms with Crippen molar-refractivity contribution in [1.29, 1.82) is 0 Å². The summed E-state index contributed by atoms with van der Waals surface area (Å²) >= 11 is 0. The van der Waals surface area contributed by atoms with Crippen molar-refractivity contribution < 1.29 is 23.2 Å². The molecule has 148 valence electrons. The molecular weight excluding hydrogens is 366 g/mol. The number of benzene rings is 2. The zero-order valence-electron chi connectivity index (χ0n) is 16.6. The van der Waals surface area contributed by atoms with Crippen LogP contribution in [0.5, 0.6) is 11.5 Å². The summed E-state index contributed by atoms with van der Waals surface area (Å²) in [6.07, 6.45) is 0. The zero-order valence-corrected chi connectivity index (χ0v) is 17.4. The Balaban J connectivity index is 2.70. The first-order valence-electron chi connectivity index (χ1n) is 8.72. The van der Waals surface area contributed by atoms with Gasteiger partial charge in [-0.25, -0.2) is 13.7 Å². The van der Waals surface area contributed by atoms with Crippen molar-refractivity contribution in [3.8, 4) is 11.5 Å². The normalized spacial score (nSPS) is 13.9. The number of fused-ring (bicyclic) bond motifs is 1. The standard InChI is InChI=1S/C20H27NO5S/c1-7-26-19(22)18(21-27(23)20(2,3)4)17-15-12-14(24-5)10-8-13(15)9-11-16(17)25-6/h8-12,18,21H,7H2,1-6H3/t18-,27-/m1/s1. The largest absolute Gasteiger partial charge is 0.497 e. The van der Waals surface area contributed by atoms with Crippen LogP contribution in [-0.4, -0.2) is 35.8 Å². The van der Waals surface area contributed by atoms with Crippen molar-refractivity contribution >= 4 is 27.7 Å². The molecule has 7 heteroatoms. The molecule has 0 heterocycles. The summed E-state index contributed by atoms with van der Waals surface area (Å²) in [5.74, 6) is 0.646. The fraction of sp³-hybridized carbons (Fsp3) is 0.450. The molecule has 1 N–H and O–H groups in total. The van der Waals surface area contributed by atoms with E-state index in [9.17, 15) is 9.00 Å². The number of carbonyl (C=O) groups excluding carboxylic acids is 1. The number of esters is 1. The van der Waals surface area contributed by atoms with Crippen molar-refractivity contribution in [1.82, 2.24) is 4.72 Å². The molecule has 27 heavy (non-hydrogen) atoms. The fourth-order valence-corrected chi connectivity index (χ4v) is 3.42. The first-order valence-corrected chi connectivity index (χ1v) is 9.87. The van der Waals surface area contributed by atoms with Crippen LogP contribution in [0.4, 0.5) is 0 Å². The number of carbonyl (C=O) groups is 1. The molecule has 0 saturated heterocycles. The predicted octanol–water partition coefficient (Wildman–Crippen LogP) is 3.51. The summed E-state index contributed by atoms with van der Waals surface area (Å²) < 4.78 is 31.2. The third-order valence-corrected chi connectivity index (χ3v) is 5.60. The van der Waals surface area contributed by atoms with Gasteiger partial charge in [-0.2, -0.15) is 0 Å². The maximum absolute atomic E-state index is 12.8. The third kappa shape index (κ3) is 4.78. The Kier molecular flexibility index (Phi) is 6.84. The minimum absolute atomic E-state index is 0.218. The highest BCUT2D eigenvalue weighted by atomic mass is 32.2. The van der Waals surface area contributed by atoms with Crippen LogP contribution in [0.1, 0.15) is 39.3 Å². The van der Waals surface area contributed by atoms with Crippen molar-refractivity contribution in [3.63, 3.8) is 0 Å². The second kappa shape index (κ2) is 8.71. The van der Waals surface area contributed by atoms with Crippen molar-refractivity contribution in [2.24, 2.45) is 0 Å². The zero-order chi connectivity index (χ0) is 20.2. The third-order valence-electron chi connectivity index (χ3n) is 4.04. The topological polar surface area (TPSA) is 73.9 Å². The van der Waals surface area contributed by atoms with Crippen LogP contribution in [0.2, 0.25) is 0 Å². The van der Waals surface area contributed by atoms with Gasteiger partial charge < -0.3 is 14.2 Å². The molecule has 0 aliphatic rings. The summed E-state index contributed by atoms with van der Waals surface area (Å²) in [6, 6.07) is 8.33. The summed E-state index contributed by atoms with van der Waals surface area (Å²) in [5, 5.41) is 1.68. The van der Waals surface area contributed by atoms with Gasteiger partial charge in [-0.15, -0.1) is 0 Å². The molecule has 2 atom stereocenters. The van der Waals surface area contributed by atoms with E-state index in [1.54, 1.807) is 20.1 Å². The van der Waals surface area contributed by atoms with Crippen LogP contribution in [0.25, 0.3) is 10.8 Å². The molecule has 0 aromatic heterocycles. The smallest absolute Gasteiger partial charge is 0.328 e. The Hall–Kier alpha value is -2.12. The molecule has 0 fully saturated rings. The highest BCUT2D eigenvalue weighted by molar-refractivity contribution is 7.84. The van der Waals surface area contributed by atoms with E-state index in [4.69, 9.17) is 14.2 Å². The van der Waals surface area contributed by atoms with E-state index in [0.717, 1.165) is 10.8 Å². The molecule has 0 saturated carbocycles. The van der Waals surface area contributed by atoms with Crippen molar-refractivity contribution in [3.05, 3.63) is 35.9 Å². The first-order chi connectivity index (χ1) is 12.7. The number of hydrogen-bond donors (Lipinski definition) is 1. The second-order valence-electron chi connectivity index (χ2n) is 6.95. The van der Waals surface area contributed by atoms with Crippen LogP contribution >= 0.6 is 0 Å². The Morgan fingerprint density at radius 3 is 2.37 bits per heavy atom. The molecule has 2 aromatic rings. The molecule has 2 rings (SSSR count). The monoisotopic (exact) mass is 393 g/mol. The van der Waals surface area contributed by atoms with Gasteiger partial charge in [0.2, 0.25) is 0 Å². The maximum atomic E-state index is 12.8. The molecule has 0 aliphatic heterocycles. The molecule has 6 nitrogen and oxygen atoms in total. The van der Waals surface area contributed by atoms with E-state index in [0.29, 0.717) is 17.1 Å². The summed E-state index contributed by atoms with van der Waals surface area (Å²) in [7, 11) is 1.63. The van der Waals surface area contributed by atoms with Gasteiger partial charge in [0.25, 0.3) is 0 Å². The van der Waals surface area contributed by atoms with Gasteiger partial charge in [0.05, 0.1) is 36.6 Å². The minimum Gasteiger partial charge on any atom is -0.497 e. The lowest BCUT2D eigenvalue weighted by Crippen LogP contribution is -2.39. The van der Waals surface area contributed by atoms with E-state index in [1.165, 1.54) is 7.11 Å². The lowest BCUT2D eigenvalue weighted by atomic mass is 9.97. The maximum Gasteiger partial charge on any atom is 0.328 e. The van der Waals surface area contributed by atoms with Crippen LogP contribution in [0, 0.1) is 0 Å². The van der Waals surface area contributed by atoms with E-state index < -0.39 is 27.7 Å². The van der Waals surface area contributed by atoms with Crippen LogP contribution in [-0.2, 0) is 20.5 Å². The van der Waals surface area contributed by atoms with E-state index >= 15 is 0 Å². The number of hydrogen-bond acceptors (Lipinski definition) is 5. The molecule has 0 radical (unpaired) electrons. The van der Waals surface area contributed by atoms with E-state index in [2.05, 4.69) is 4.72 Å². The van der Waals surface area contributed by atoms with E-state index in [1.807, 2.05) is 45.0 Å². The first kappa shape index (κ1) is 21.2. The Morgan fingerprint density at radius 2 is 1.81 bits per heavy atom. The highest BCUT2D eigenvalue weighted by Crippen LogP contribution is 2.36. The van der Waals surface area contributed by atoms with Crippen LogP contribution < -0.4 is 14.2 Å². The van der Waals surface area contributed by atoms with Gasteiger partial charge in [0, 0.05) is 5.56 Å². The Morgan fingerprint density at radius 1 is 1.15 bits per heavy atom. The molecular formula is C20H27NO5S. The average Bonchev–Trinajstić information content (AvgIpc) is 2.64. The minimum atomic E-state index is -1.49. The molecule has 0 aliphatic carbocycles. The lowest BCUT2D eigenvalue weighted by molar-refractivity contribution is -0.145. The van der Waals surface area contributed by atoms with E-state index in [-0.39, 0.29) is 6.61 Å². The van der Waals surface area contributed by atoms with Crippen LogP contribution in [0.15, 0.2) is 30.3 Å². The Bertz CT molecular complexity index is 839. The van der Waals surface area contributed by atoms with Gasteiger partial charge in [0.1, 0.15) is 17.5 Å². The lowest BCUT2D eigenvalue weighted by Gasteiger charge is -2.25. The van der Waals surface area contributed by atoms with Gasteiger partial charge in [-0.1, -0.05) is 12.1 Å². The second-order valence-corrected chi connectivity index (χ2v) is 8.95. The molecule has 2 aromatic carbocycles. The molecule has 0 unspecified atom stereocenters. The van der Waals surface area contributed by atoms with Gasteiger partial charge in [0.15, 0.2) is 0 Å². The molecule has 0 bridgehead atoms. The van der Waals surface area contributed by atoms with Gasteiger partial charge in [-0.05, 0) is 56.7 Å². The number of rotatable bonds is 7. The number of nitrogens with one attached hydrogen (secondary N) is 1. The predicted molar refractivity (Wildman–Crippen MR) is 107 cm³/mol. The molecule has 0 amide bonds. The summed E-state index contributed by atoms with van der Waals surface area (Å²) in [4.78, 5) is 12.8. The summed E-state index contributed by atoms with van der Waals surface area (Å²) in [6.45, 7) is 7.46. The van der Waals surface area contributed by atoms with Gasteiger partial charge in [-0.3, -0.25) is 0 Å². The number of methoxy groups -OCH3 is 2. The molecule has 0 spiro atoms. The average molecular weight is 394 g/mol. The van der Waals surface area contributed by atoms with Crippen molar-refractivity contribution in [2.75, 3.05) is 20.8 Å². The fourth-order valence-electron chi connectivity index (χ4n) is 2.64. The quantitative estimate of drug-likeness (QED) is 0.729. The Labute approximate surface area is 162 Å². The highest BCUT2D eigenvalue weighted by Gasteiger charge is 2.32. The summed E-state index contributed by atoms with van der Waals surface area (Å²) in [5.41, 5.74) is 0.574. The van der Waals surface area contributed by atoms with Gasteiger partial charge >= 0.3 is 5.97 Å².